The molecule has 0 saturated heterocycles. The number of benzene rings is 3. The molecule has 3 rings (SSSR count). The van der Waals surface area contributed by atoms with Gasteiger partial charge in [-0.2, -0.15) is 0 Å². The molecule has 0 aliphatic heterocycles. The lowest BCUT2D eigenvalue weighted by atomic mass is 9.98. The zero-order valence-electron chi connectivity index (χ0n) is 21.3. The lowest BCUT2D eigenvalue weighted by Crippen LogP contribution is -2.54. The van der Waals surface area contributed by atoms with E-state index in [0.29, 0.717) is 6.42 Å². The van der Waals surface area contributed by atoms with Gasteiger partial charge >= 0.3 is 12.1 Å². The fourth-order valence-electron chi connectivity index (χ4n) is 3.71. The standard InChI is InChI=1S/C30H34N2O5/c1-3-22(2)27(29(34)36-20-24-15-9-5-10-16-24)32-28(33)26(19-23-13-7-4-8-14-23)31-30(35)37-21-25-17-11-6-12-18-25/h4-18,22,26-27H,3,19-21H2,1-2H3,(H,31,35)(H,32,33)/t22-,26+,27+/m1/s1. The largest absolute Gasteiger partial charge is 0.459 e. The van der Waals surface area contributed by atoms with Gasteiger partial charge in [-0.05, 0) is 22.6 Å². The summed E-state index contributed by atoms with van der Waals surface area (Å²) in [5.74, 6) is -1.17. The molecule has 0 aromatic heterocycles. The number of rotatable bonds is 12. The topological polar surface area (TPSA) is 93.7 Å². The molecule has 2 amide bonds. The number of carbonyl (C=O) groups excluding carboxylic acids is 3. The monoisotopic (exact) mass is 502 g/mol. The van der Waals surface area contributed by atoms with Gasteiger partial charge in [0, 0.05) is 6.42 Å². The van der Waals surface area contributed by atoms with Crippen LogP contribution in [-0.4, -0.2) is 30.1 Å². The van der Waals surface area contributed by atoms with Gasteiger partial charge in [0.25, 0.3) is 0 Å². The van der Waals surface area contributed by atoms with E-state index in [2.05, 4.69) is 10.6 Å². The van der Waals surface area contributed by atoms with Crippen LogP contribution in [0.5, 0.6) is 0 Å². The summed E-state index contributed by atoms with van der Waals surface area (Å²) in [6.45, 7) is 4.01. The molecule has 0 saturated carbocycles. The van der Waals surface area contributed by atoms with Crippen molar-refractivity contribution in [2.75, 3.05) is 0 Å². The normalized spacial score (nSPS) is 13.0. The summed E-state index contributed by atoms with van der Waals surface area (Å²) in [6.07, 6.45) is 0.174. The van der Waals surface area contributed by atoms with E-state index in [9.17, 15) is 14.4 Å². The molecule has 37 heavy (non-hydrogen) atoms. The van der Waals surface area contributed by atoms with Gasteiger partial charge in [-0.1, -0.05) is 111 Å². The minimum Gasteiger partial charge on any atom is -0.459 e. The summed E-state index contributed by atoms with van der Waals surface area (Å²) in [5.41, 5.74) is 2.55. The molecule has 3 aromatic carbocycles. The fraction of sp³-hybridized carbons (Fsp3) is 0.300. The highest BCUT2D eigenvalue weighted by atomic mass is 16.5. The van der Waals surface area contributed by atoms with E-state index in [1.54, 1.807) is 0 Å². The maximum Gasteiger partial charge on any atom is 0.408 e. The average molecular weight is 503 g/mol. The number of alkyl carbamates (subject to hydrolysis) is 1. The van der Waals surface area contributed by atoms with Gasteiger partial charge in [0.1, 0.15) is 25.3 Å². The molecule has 0 fully saturated rings. The van der Waals surface area contributed by atoms with Crippen molar-refractivity contribution < 1.29 is 23.9 Å². The molecule has 3 aromatic rings. The van der Waals surface area contributed by atoms with E-state index < -0.39 is 30.1 Å². The predicted octanol–water partition coefficient (Wildman–Crippen LogP) is 4.80. The minimum atomic E-state index is -0.945. The van der Waals surface area contributed by atoms with Gasteiger partial charge in [-0.15, -0.1) is 0 Å². The Morgan fingerprint density at radius 3 is 1.70 bits per heavy atom. The third kappa shape index (κ3) is 9.11. The van der Waals surface area contributed by atoms with Crippen molar-refractivity contribution in [1.29, 1.82) is 0 Å². The average Bonchev–Trinajstić information content (AvgIpc) is 2.94. The van der Waals surface area contributed by atoms with Crippen molar-refractivity contribution in [1.82, 2.24) is 10.6 Å². The smallest absolute Gasteiger partial charge is 0.408 e. The van der Waals surface area contributed by atoms with Crippen LogP contribution in [0.25, 0.3) is 0 Å². The maximum atomic E-state index is 13.4. The summed E-state index contributed by atoms with van der Waals surface area (Å²) < 4.78 is 10.8. The molecule has 0 aliphatic rings. The molecule has 0 unspecified atom stereocenters. The second-order valence-corrected chi connectivity index (χ2v) is 8.91. The van der Waals surface area contributed by atoms with Crippen LogP contribution in [0.3, 0.4) is 0 Å². The maximum absolute atomic E-state index is 13.4. The third-order valence-electron chi connectivity index (χ3n) is 6.09. The lowest BCUT2D eigenvalue weighted by Gasteiger charge is -2.26. The third-order valence-corrected chi connectivity index (χ3v) is 6.09. The zero-order chi connectivity index (χ0) is 26.5. The highest BCUT2D eigenvalue weighted by molar-refractivity contribution is 5.90. The van der Waals surface area contributed by atoms with Crippen LogP contribution < -0.4 is 10.6 Å². The van der Waals surface area contributed by atoms with Crippen LogP contribution in [0, 0.1) is 5.92 Å². The zero-order valence-corrected chi connectivity index (χ0v) is 21.3. The molecule has 0 aliphatic carbocycles. The number of esters is 1. The van der Waals surface area contributed by atoms with Crippen LogP contribution in [0.4, 0.5) is 4.79 Å². The second kappa shape index (κ2) is 14.4. The molecule has 2 N–H and O–H groups in total. The first kappa shape index (κ1) is 27.5. The fourth-order valence-corrected chi connectivity index (χ4v) is 3.71. The second-order valence-electron chi connectivity index (χ2n) is 8.91. The molecule has 0 heterocycles. The van der Waals surface area contributed by atoms with Gasteiger partial charge < -0.3 is 20.1 Å². The Morgan fingerprint density at radius 2 is 1.19 bits per heavy atom. The predicted molar refractivity (Wildman–Crippen MR) is 141 cm³/mol. The molecule has 0 radical (unpaired) electrons. The van der Waals surface area contributed by atoms with Crippen molar-refractivity contribution >= 4 is 18.0 Å². The first-order chi connectivity index (χ1) is 18.0. The van der Waals surface area contributed by atoms with Crippen LogP contribution in [0.2, 0.25) is 0 Å². The van der Waals surface area contributed by atoms with E-state index in [4.69, 9.17) is 9.47 Å². The highest BCUT2D eigenvalue weighted by Crippen LogP contribution is 2.13. The van der Waals surface area contributed by atoms with Crippen LogP contribution in [0.15, 0.2) is 91.0 Å². The Balaban J connectivity index is 1.68. The summed E-state index contributed by atoms with van der Waals surface area (Å²) in [7, 11) is 0. The Hall–Kier alpha value is -4.13. The van der Waals surface area contributed by atoms with Crippen LogP contribution in [0.1, 0.15) is 37.0 Å². The van der Waals surface area contributed by atoms with Crippen molar-refractivity contribution in [3.8, 4) is 0 Å². The van der Waals surface area contributed by atoms with E-state index in [1.165, 1.54) is 0 Å². The number of nitrogens with one attached hydrogen (secondary N) is 2. The number of carbonyl (C=O) groups is 3. The van der Waals surface area contributed by atoms with E-state index >= 15 is 0 Å². The van der Waals surface area contributed by atoms with Gasteiger partial charge in [0.15, 0.2) is 0 Å². The van der Waals surface area contributed by atoms with Crippen molar-refractivity contribution in [3.63, 3.8) is 0 Å². The highest BCUT2D eigenvalue weighted by Gasteiger charge is 2.31. The summed E-state index contributed by atoms with van der Waals surface area (Å²) in [5, 5.41) is 5.49. The van der Waals surface area contributed by atoms with E-state index in [0.717, 1.165) is 16.7 Å². The Kier molecular flexibility index (Phi) is 10.7. The van der Waals surface area contributed by atoms with E-state index in [-0.39, 0.29) is 25.6 Å². The van der Waals surface area contributed by atoms with E-state index in [1.807, 2.05) is 105 Å². The Morgan fingerprint density at radius 1 is 0.703 bits per heavy atom. The first-order valence-electron chi connectivity index (χ1n) is 12.5. The van der Waals surface area contributed by atoms with Gasteiger partial charge in [0.2, 0.25) is 5.91 Å². The molecular weight excluding hydrogens is 468 g/mol. The number of hydrogen-bond donors (Lipinski definition) is 2. The number of amides is 2. The quantitative estimate of drug-likeness (QED) is 0.347. The Bertz CT molecular complexity index is 1120. The molecule has 194 valence electrons. The summed E-state index contributed by atoms with van der Waals surface area (Å²) >= 11 is 0. The van der Waals surface area contributed by atoms with Crippen molar-refractivity contribution in [2.45, 2.75) is 52.0 Å². The number of ether oxygens (including phenoxy) is 2. The molecule has 0 spiro atoms. The van der Waals surface area contributed by atoms with Gasteiger partial charge in [-0.25, -0.2) is 9.59 Å². The molecule has 3 atom stereocenters. The van der Waals surface area contributed by atoms with Gasteiger partial charge in [0.05, 0.1) is 0 Å². The lowest BCUT2D eigenvalue weighted by molar-refractivity contribution is -0.150. The van der Waals surface area contributed by atoms with Crippen LogP contribution >= 0.6 is 0 Å². The van der Waals surface area contributed by atoms with Crippen molar-refractivity contribution in [3.05, 3.63) is 108 Å². The summed E-state index contributed by atoms with van der Waals surface area (Å²) in [4.78, 5) is 38.9. The molecule has 7 heteroatoms. The molecule has 0 bridgehead atoms. The molecular formula is C30H34N2O5. The SMILES string of the molecule is CC[C@@H](C)[C@H](NC(=O)[C@H](Cc1ccccc1)NC(=O)OCc1ccccc1)C(=O)OCc1ccccc1. The first-order valence-corrected chi connectivity index (χ1v) is 12.5. The Labute approximate surface area is 218 Å². The molecule has 7 nitrogen and oxygen atoms in total. The van der Waals surface area contributed by atoms with Gasteiger partial charge in [-0.3, -0.25) is 4.79 Å². The van der Waals surface area contributed by atoms with Crippen molar-refractivity contribution in [2.24, 2.45) is 5.92 Å². The van der Waals surface area contributed by atoms with Crippen LogP contribution in [-0.2, 0) is 38.7 Å². The summed E-state index contributed by atoms with van der Waals surface area (Å²) in [6, 6.07) is 26.2. The minimum absolute atomic E-state index is 0.0770. The number of hydrogen-bond acceptors (Lipinski definition) is 5.